The highest BCUT2D eigenvalue weighted by Gasteiger charge is 2.18. The van der Waals surface area contributed by atoms with E-state index in [1.807, 2.05) is 13.8 Å². The Morgan fingerprint density at radius 1 is 1.47 bits per heavy atom. The molecule has 0 saturated heterocycles. The number of carbonyl (C=O) groups is 2. The first-order chi connectivity index (χ1) is 8.95. The van der Waals surface area contributed by atoms with Crippen LogP contribution in [0.4, 0.5) is 0 Å². The highest BCUT2D eigenvalue weighted by Crippen LogP contribution is 2.06. The van der Waals surface area contributed by atoms with Gasteiger partial charge < -0.3 is 15.2 Å². The predicted molar refractivity (Wildman–Crippen MR) is 69.2 cm³/mol. The smallest absolute Gasteiger partial charge is 0.354 e. The maximum Gasteiger partial charge on any atom is 0.354 e. The summed E-state index contributed by atoms with van der Waals surface area (Å²) in [4.78, 5) is 26.5. The van der Waals surface area contributed by atoms with E-state index in [0.717, 1.165) is 0 Å². The number of carbonyl (C=O) groups excluding carboxylic acids is 1. The Morgan fingerprint density at radius 3 is 2.68 bits per heavy atom. The third-order valence-corrected chi connectivity index (χ3v) is 2.71. The fraction of sp³-hybridized carbons (Fsp3) is 0.462. The summed E-state index contributed by atoms with van der Waals surface area (Å²) in [6.45, 7) is 4.35. The molecule has 0 aromatic carbocycles. The second-order valence-electron chi connectivity index (χ2n) is 4.51. The second kappa shape index (κ2) is 6.84. The Kier molecular flexibility index (Phi) is 5.44. The van der Waals surface area contributed by atoms with E-state index in [2.05, 4.69) is 10.3 Å². The fourth-order valence-electron chi connectivity index (χ4n) is 1.52. The fourth-order valence-corrected chi connectivity index (χ4v) is 1.52. The first kappa shape index (κ1) is 15.1. The molecule has 2 N–H and O–H groups in total. The molecule has 0 aliphatic rings. The van der Waals surface area contributed by atoms with Gasteiger partial charge in [0, 0.05) is 18.9 Å². The van der Waals surface area contributed by atoms with Crippen molar-refractivity contribution in [1.29, 1.82) is 0 Å². The third-order valence-electron chi connectivity index (χ3n) is 2.71. The molecule has 0 fully saturated rings. The van der Waals surface area contributed by atoms with Crippen molar-refractivity contribution in [3.05, 3.63) is 29.6 Å². The molecular formula is C13H18N2O4. The first-order valence-electron chi connectivity index (χ1n) is 5.94. The van der Waals surface area contributed by atoms with Gasteiger partial charge in [0.15, 0.2) is 0 Å². The average Bonchev–Trinajstić information content (AvgIpc) is 2.38. The van der Waals surface area contributed by atoms with Crippen LogP contribution in [0.1, 0.15) is 34.7 Å². The zero-order valence-corrected chi connectivity index (χ0v) is 11.2. The number of hydrogen-bond acceptors (Lipinski definition) is 4. The van der Waals surface area contributed by atoms with E-state index in [-0.39, 0.29) is 29.1 Å². The van der Waals surface area contributed by atoms with Crippen molar-refractivity contribution in [3.63, 3.8) is 0 Å². The molecule has 0 aliphatic heterocycles. The molecule has 0 bridgehead atoms. The summed E-state index contributed by atoms with van der Waals surface area (Å²) in [5, 5.41) is 11.6. The lowest BCUT2D eigenvalue weighted by Crippen LogP contribution is -2.41. The van der Waals surface area contributed by atoms with Gasteiger partial charge in [-0.2, -0.15) is 0 Å². The van der Waals surface area contributed by atoms with Crippen molar-refractivity contribution >= 4 is 11.9 Å². The number of nitrogens with zero attached hydrogens (tertiary/aromatic N) is 1. The van der Waals surface area contributed by atoms with Crippen molar-refractivity contribution in [3.8, 4) is 0 Å². The largest absolute Gasteiger partial charge is 0.477 e. The quantitative estimate of drug-likeness (QED) is 0.807. The minimum absolute atomic E-state index is 0.126. The normalized spacial score (nSPS) is 12.2. The number of pyridine rings is 1. The Bertz CT molecular complexity index is 460. The summed E-state index contributed by atoms with van der Waals surface area (Å²) in [6.07, 6.45) is 1.30. The number of carboxylic acid groups (broad SMARTS) is 1. The number of aromatic nitrogens is 1. The van der Waals surface area contributed by atoms with Gasteiger partial charge >= 0.3 is 5.97 Å². The van der Waals surface area contributed by atoms with Crippen LogP contribution < -0.4 is 5.32 Å². The van der Waals surface area contributed by atoms with Gasteiger partial charge in [0.05, 0.1) is 12.6 Å². The van der Waals surface area contributed by atoms with Gasteiger partial charge in [0.25, 0.3) is 5.91 Å². The van der Waals surface area contributed by atoms with Crippen LogP contribution >= 0.6 is 0 Å². The van der Waals surface area contributed by atoms with E-state index in [4.69, 9.17) is 9.84 Å². The lowest BCUT2D eigenvalue weighted by Gasteiger charge is -2.21. The van der Waals surface area contributed by atoms with Gasteiger partial charge in [-0.1, -0.05) is 13.8 Å². The molecular weight excluding hydrogens is 248 g/mol. The Hall–Kier alpha value is -1.95. The van der Waals surface area contributed by atoms with Crippen LogP contribution in [0.15, 0.2) is 18.3 Å². The van der Waals surface area contributed by atoms with Crippen LogP contribution in [-0.4, -0.2) is 41.7 Å². The van der Waals surface area contributed by atoms with Gasteiger partial charge in [-0.15, -0.1) is 0 Å². The summed E-state index contributed by atoms with van der Waals surface area (Å²) in [5.41, 5.74) is 0.120. The van der Waals surface area contributed by atoms with E-state index in [9.17, 15) is 9.59 Å². The number of aromatic carboxylic acids is 1. The van der Waals surface area contributed by atoms with Crippen LogP contribution in [0, 0.1) is 5.92 Å². The van der Waals surface area contributed by atoms with E-state index in [1.165, 1.54) is 18.3 Å². The van der Waals surface area contributed by atoms with Gasteiger partial charge in [0.2, 0.25) is 0 Å². The monoisotopic (exact) mass is 266 g/mol. The molecule has 1 unspecified atom stereocenters. The number of hydrogen-bond donors (Lipinski definition) is 2. The average molecular weight is 266 g/mol. The molecule has 0 radical (unpaired) electrons. The predicted octanol–water partition coefficient (Wildman–Crippen LogP) is 1.18. The molecule has 1 aromatic rings. The third kappa shape index (κ3) is 4.33. The molecule has 6 nitrogen and oxygen atoms in total. The standard InChI is InChI=1S/C13H18N2O4/c1-8(2)11(7-19-3)15-12(16)9-4-5-14-10(6-9)13(17)18/h4-6,8,11H,7H2,1-3H3,(H,15,16)(H,17,18). The van der Waals surface area contributed by atoms with Crippen molar-refractivity contribution in [2.75, 3.05) is 13.7 Å². The van der Waals surface area contributed by atoms with Crippen molar-refractivity contribution in [2.45, 2.75) is 19.9 Å². The van der Waals surface area contributed by atoms with Crippen molar-refractivity contribution < 1.29 is 19.4 Å². The molecule has 1 atom stereocenters. The molecule has 1 rings (SSSR count). The highest BCUT2D eigenvalue weighted by atomic mass is 16.5. The summed E-state index contributed by atoms with van der Waals surface area (Å²) in [7, 11) is 1.57. The summed E-state index contributed by atoms with van der Waals surface area (Å²) >= 11 is 0. The Morgan fingerprint density at radius 2 is 2.16 bits per heavy atom. The SMILES string of the molecule is COCC(NC(=O)c1ccnc(C(=O)O)c1)C(C)C. The number of methoxy groups -OCH3 is 1. The van der Waals surface area contributed by atoms with Gasteiger partial charge in [-0.3, -0.25) is 4.79 Å². The Labute approximate surface area is 111 Å². The Balaban J connectivity index is 2.82. The van der Waals surface area contributed by atoms with Crippen LogP contribution in [0.3, 0.4) is 0 Å². The molecule has 1 amide bonds. The number of nitrogens with one attached hydrogen (secondary N) is 1. The number of amides is 1. The zero-order chi connectivity index (χ0) is 14.4. The summed E-state index contributed by atoms with van der Waals surface area (Å²) in [6, 6.07) is 2.60. The molecule has 19 heavy (non-hydrogen) atoms. The molecule has 1 aromatic heterocycles. The maximum absolute atomic E-state index is 12.0. The van der Waals surface area contributed by atoms with Crippen LogP contribution in [0.5, 0.6) is 0 Å². The topological polar surface area (TPSA) is 88.5 Å². The van der Waals surface area contributed by atoms with E-state index in [0.29, 0.717) is 6.61 Å². The van der Waals surface area contributed by atoms with Gasteiger partial charge in [0.1, 0.15) is 5.69 Å². The van der Waals surface area contributed by atoms with Crippen molar-refractivity contribution in [2.24, 2.45) is 5.92 Å². The molecule has 6 heteroatoms. The maximum atomic E-state index is 12.0. The zero-order valence-electron chi connectivity index (χ0n) is 11.2. The van der Waals surface area contributed by atoms with E-state index in [1.54, 1.807) is 7.11 Å². The molecule has 0 aliphatic carbocycles. The van der Waals surface area contributed by atoms with Crippen molar-refractivity contribution in [1.82, 2.24) is 10.3 Å². The van der Waals surface area contributed by atoms with E-state index >= 15 is 0 Å². The summed E-state index contributed by atoms with van der Waals surface area (Å²) < 4.78 is 5.04. The van der Waals surface area contributed by atoms with Crippen LogP contribution in [-0.2, 0) is 4.74 Å². The number of ether oxygens (including phenoxy) is 1. The van der Waals surface area contributed by atoms with Gasteiger partial charge in [-0.25, -0.2) is 9.78 Å². The van der Waals surface area contributed by atoms with E-state index < -0.39 is 5.97 Å². The second-order valence-corrected chi connectivity index (χ2v) is 4.51. The molecule has 0 saturated carbocycles. The number of rotatable bonds is 6. The van der Waals surface area contributed by atoms with Crippen LogP contribution in [0.25, 0.3) is 0 Å². The minimum Gasteiger partial charge on any atom is -0.477 e. The lowest BCUT2D eigenvalue weighted by molar-refractivity contribution is 0.0690. The molecule has 104 valence electrons. The summed E-state index contributed by atoms with van der Waals surface area (Å²) in [5.74, 6) is -1.28. The van der Waals surface area contributed by atoms with Crippen LogP contribution in [0.2, 0.25) is 0 Å². The lowest BCUT2D eigenvalue weighted by atomic mass is 10.0. The highest BCUT2D eigenvalue weighted by molar-refractivity contribution is 5.96. The molecule has 0 spiro atoms. The minimum atomic E-state index is -1.16. The first-order valence-corrected chi connectivity index (χ1v) is 5.94. The number of carboxylic acids is 1. The van der Waals surface area contributed by atoms with Gasteiger partial charge in [-0.05, 0) is 18.1 Å². The molecule has 1 heterocycles.